The molecule has 3 rings (SSSR count). The van der Waals surface area contributed by atoms with Gasteiger partial charge in [-0.25, -0.2) is 8.78 Å². The zero-order valence-electron chi connectivity index (χ0n) is 13.2. The number of amides is 1. The zero-order chi connectivity index (χ0) is 17.8. The number of nitrogens with one attached hydrogen (secondary N) is 1. The van der Waals surface area contributed by atoms with E-state index in [0.29, 0.717) is 22.5 Å². The number of benzene rings is 2. The van der Waals surface area contributed by atoms with Crippen LogP contribution in [0.2, 0.25) is 0 Å². The van der Waals surface area contributed by atoms with Crippen LogP contribution in [0.15, 0.2) is 36.4 Å². The molecule has 1 heterocycles. The number of carbonyl (C=O) groups is 1. The maximum atomic E-state index is 13.6. The summed E-state index contributed by atoms with van der Waals surface area (Å²) in [6.07, 6.45) is 1.89. The van der Waals surface area contributed by atoms with Crippen LogP contribution in [-0.4, -0.2) is 25.2 Å². The average Bonchev–Trinajstić information content (AvgIpc) is 3.10. The van der Waals surface area contributed by atoms with Gasteiger partial charge in [0.25, 0.3) is 5.91 Å². The Bertz CT molecular complexity index is 779. The van der Waals surface area contributed by atoms with Crippen molar-refractivity contribution in [3.05, 3.63) is 57.2 Å². The van der Waals surface area contributed by atoms with E-state index in [1.54, 1.807) is 0 Å². The minimum absolute atomic E-state index is 0.00206. The van der Waals surface area contributed by atoms with Gasteiger partial charge in [0.2, 0.25) is 0 Å². The molecule has 0 aliphatic carbocycles. The van der Waals surface area contributed by atoms with Gasteiger partial charge in [0.05, 0.1) is 17.4 Å². The van der Waals surface area contributed by atoms with Crippen LogP contribution in [-0.2, 0) is 4.74 Å². The molecule has 1 aliphatic heterocycles. The number of halogens is 3. The molecule has 0 spiro atoms. The monoisotopic (exact) mass is 459 g/mol. The molecule has 1 amide bonds. The number of carbonyl (C=O) groups excluding carboxylic acids is 1. The largest absolute Gasteiger partial charge is 0.489 e. The van der Waals surface area contributed by atoms with Crippen LogP contribution in [0.4, 0.5) is 14.5 Å². The van der Waals surface area contributed by atoms with Crippen LogP contribution < -0.4 is 10.1 Å². The fraction of sp³-hybridized carbons (Fsp3) is 0.278. The van der Waals surface area contributed by atoms with Crippen LogP contribution >= 0.6 is 22.6 Å². The minimum Gasteiger partial charge on any atom is -0.489 e. The van der Waals surface area contributed by atoms with Gasteiger partial charge < -0.3 is 14.8 Å². The Hall–Kier alpha value is -1.74. The molecule has 25 heavy (non-hydrogen) atoms. The summed E-state index contributed by atoms with van der Waals surface area (Å²) in [6, 6.07) is 7.81. The minimum atomic E-state index is -0.531. The van der Waals surface area contributed by atoms with Crippen molar-refractivity contribution in [3.63, 3.8) is 0 Å². The molecule has 1 N–H and O–H groups in total. The summed E-state index contributed by atoms with van der Waals surface area (Å²) in [5.74, 6) is -1.21. The molecule has 1 saturated heterocycles. The molecule has 1 unspecified atom stereocenters. The molecule has 1 aliphatic rings. The SMILES string of the molecule is O=C(Nc1cc(F)ccc1OCC1CCCO1)c1cc(F)ccc1I. The highest BCUT2D eigenvalue weighted by Crippen LogP contribution is 2.27. The second-order valence-electron chi connectivity index (χ2n) is 5.66. The van der Waals surface area contributed by atoms with Crippen molar-refractivity contribution in [1.29, 1.82) is 0 Å². The summed E-state index contributed by atoms with van der Waals surface area (Å²) in [5.41, 5.74) is 0.373. The summed E-state index contributed by atoms with van der Waals surface area (Å²) in [4.78, 5) is 12.4. The van der Waals surface area contributed by atoms with E-state index in [2.05, 4.69) is 5.32 Å². The van der Waals surface area contributed by atoms with Crippen molar-refractivity contribution < 1.29 is 23.0 Å². The third kappa shape index (κ3) is 4.66. The van der Waals surface area contributed by atoms with Gasteiger partial charge >= 0.3 is 0 Å². The van der Waals surface area contributed by atoms with Crippen molar-refractivity contribution >= 4 is 34.2 Å². The first kappa shape index (κ1) is 18.1. The second-order valence-corrected chi connectivity index (χ2v) is 6.83. The lowest BCUT2D eigenvalue weighted by atomic mass is 10.2. The average molecular weight is 459 g/mol. The van der Waals surface area contributed by atoms with E-state index in [1.807, 2.05) is 22.6 Å². The van der Waals surface area contributed by atoms with E-state index in [0.717, 1.165) is 18.9 Å². The lowest BCUT2D eigenvalue weighted by Crippen LogP contribution is -2.18. The fourth-order valence-electron chi connectivity index (χ4n) is 2.55. The van der Waals surface area contributed by atoms with Gasteiger partial charge in [0.1, 0.15) is 24.0 Å². The quantitative estimate of drug-likeness (QED) is 0.676. The highest BCUT2D eigenvalue weighted by Gasteiger charge is 2.18. The number of hydrogen-bond acceptors (Lipinski definition) is 3. The van der Waals surface area contributed by atoms with Crippen LogP contribution in [0.25, 0.3) is 0 Å². The molecule has 2 aromatic carbocycles. The van der Waals surface area contributed by atoms with E-state index in [1.165, 1.54) is 30.3 Å². The number of rotatable bonds is 5. The highest BCUT2D eigenvalue weighted by atomic mass is 127. The van der Waals surface area contributed by atoms with Crippen molar-refractivity contribution in [2.45, 2.75) is 18.9 Å². The molecule has 132 valence electrons. The van der Waals surface area contributed by atoms with Gasteiger partial charge in [-0.1, -0.05) is 0 Å². The standard InChI is InChI=1S/C18H16F2INO3/c19-11-3-5-15(21)14(8-11)18(23)22-16-9-12(20)4-6-17(16)25-10-13-2-1-7-24-13/h3-6,8-9,13H,1-2,7,10H2,(H,22,23). The Kier molecular flexibility index (Phi) is 5.85. The molecule has 0 saturated carbocycles. The lowest BCUT2D eigenvalue weighted by Gasteiger charge is -2.15. The maximum absolute atomic E-state index is 13.6. The van der Waals surface area contributed by atoms with Gasteiger partial charge in [-0.05, 0) is 65.8 Å². The zero-order valence-corrected chi connectivity index (χ0v) is 15.4. The molecule has 1 atom stereocenters. The fourth-order valence-corrected chi connectivity index (χ4v) is 3.13. The Balaban J connectivity index is 1.77. The molecule has 0 bridgehead atoms. The summed E-state index contributed by atoms with van der Waals surface area (Å²) >= 11 is 1.94. The van der Waals surface area contributed by atoms with Crippen molar-refractivity contribution in [1.82, 2.24) is 0 Å². The Labute approximate surface area is 157 Å². The van der Waals surface area contributed by atoms with E-state index >= 15 is 0 Å². The van der Waals surface area contributed by atoms with E-state index < -0.39 is 17.5 Å². The van der Waals surface area contributed by atoms with Gasteiger partial charge in [-0.2, -0.15) is 0 Å². The van der Waals surface area contributed by atoms with Gasteiger partial charge in [-0.15, -0.1) is 0 Å². The number of ether oxygens (including phenoxy) is 2. The molecule has 1 fully saturated rings. The smallest absolute Gasteiger partial charge is 0.256 e. The Morgan fingerprint density at radius 2 is 2.00 bits per heavy atom. The van der Waals surface area contributed by atoms with Gasteiger partial charge in [-0.3, -0.25) is 4.79 Å². The van der Waals surface area contributed by atoms with Crippen molar-refractivity contribution in [2.24, 2.45) is 0 Å². The van der Waals surface area contributed by atoms with Crippen LogP contribution in [0.3, 0.4) is 0 Å². The van der Waals surface area contributed by atoms with Crippen LogP contribution in [0.1, 0.15) is 23.2 Å². The van der Waals surface area contributed by atoms with Crippen LogP contribution in [0.5, 0.6) is 5.75 Å². The predicted molar refractivity (Wildman–Crippen MR) is 97.9 cm³/mol. The maximum Gasteiger partial charge on any atom is 0.256 e. The molecular weight excluding hydrogens is 443 g/mol. The van der Waals surface area contributed by atoms with Crippen LogP contribution in [0, 0.1) is 15.2 Å². The molecule has 0 radical (unpaired) electrons. The number of hydrogen-bond donors (Lipinski definition) is 1. The topological polar surface area (TPSA) is 47.6 Å². The normalized spacial score (nSPS) is 16.7. The summed E-state index contributed by atoms with van der Waals surface area (Å²) in [7, 11) is 0. The molecule has 7 heteroatoms. The third-order valence-corrected chi connectivity index (χ3v) is 4.75. The third-order valence-electron chi connectivity index (χ3n) is 3.81. The molecule has 2 aromatic rings. The molecule has 0 aromatic heterocycles. The second kappa shape index (κ2) is 8.09. The molecule has 4 nitrogen and oxygen atoms in total. The van der Waals surface area contributed by atoms with Crippen molar-refractivity contribution in [3.8, 4) is 5.75 Å². The molecular formula is C18H16F2INO3. The van der Waals surface area contributed by atoms with Gasteiger partial charge in [0.15, 0.2) is 0 Å². The van der Waals surface area contributed by atoms with E-state index in [4.69, 9.17) is 9.47 Å². The van der Waals surface area contributed by atoms with E-state index in [-0.39, 0.29) is 17.4 Å². The van der Waals surface area contributed by atoms with Gasteiger partial charge in [0, 0.05) is 16.2 Å². The summed E-state index contributed by atoms with van der Waals surface area (Å²) < 4.78 is 38.8. The first-order valence-corrected chi connectivity index (χ1v) is 8.91. The highest BCUT2D eigenvalue weighted by molar-refractivity contribution is 14.1. The van der Waals surface area contributed by atoms with E-state index in [9.17, 15) is 13.6 Å². The number of anilines is 1. The first-order chi connectivity index (χ1) is 12.0. The Morgan fingerprint density at radius 3 is 2.76 bits per heavy atom. The lowest BCUT2D eigenvalue weighted by molar-refractivity contribution is 0.0681. The first-order valence-electron chi connectivity index (χ1n) is 7.83. The summed E-state index contributed by atoms with van der Waals surface area (Å²) in [6.45, 7) is 1.03. The Morgan fingerprint density at radius 1 is 1.24 bits per heavy atom. The van der Waals surface area contributed by atoms with Crippen molar-refractivity contribution in [2.75, 3.05) is 18.5 Å². The summed E-state index contributed by atoms with van der Waals surface area (Å²) in [5, 5.41) is 2.59. The predicted octanol–water partition coefficient (Wildman–Crippen LogP) is 4.38.